The first kappa shape index (κ1) is 15.4. The number of benzene rings is 1. The Balaban J connectivity index is 2.00. The van der Waals surface area contributed by atoms with Crippen molar-refractivity contribution in [3.8, 4) is 0 Å². The molecule has 1 aromatic carbocycles. The third-order valence-electron chi connectivity index (χ3n) is 3.72. The second-order valence-corrected chi connectivity index (χ2v) is 5.89. The van der Waals surface area contributed by atoms with Crippen LogP contribution < -0.4 is 5.73 Å². The maximum Gasteiger partial charge on any atom is 0.103 e. The van der Waals surface area contributed by atoms with Gasteiger partial charge in [-0.15, -0.1) is 0 Å². The van der Waals surface area contributed by atoms with Gasteiger partial charge in [0, 0.05) is 24.7 Å². The molecule has 20 heavy (non-hydrogen) atoms. The minimum absolute atomic E-state index is 0.218. The van der Waals surface area contributed by atoms with Gasteiger partial charge in [-0.1, -0.05) is 36.5 Å². The molecule has 1 aliphatic heterocycles. The zero-order chi connectivity index (χ0) is 14.7. The third-order valence-corrected chi connectivity index (χ3v) is 3.96. The largest absolute Gasteiger partial charge is 0.389 e. The van der Waals surface area contributed by atoms with Crippen molar-refractivity contribution in [1.82, 2.24) is 4.90 Å². The Morgan fingerprint density at radius 3 is 2.70 bits per heavy atom. The zero-order valence-corrected chi connectivity index (χ0v) is 12.8. The summed E-state index contributed by atoms with van der Waals surface area (Å²) in [5, 5.41) is 10.4. The lowest BCUT2D eigenvalue weighted by Crippen LogP contribution is -2.48. The molecule has 0 saturated carbocycles. The van der Waals surface area contributed by atoms with Crippen LogP contribution in [0.2, 0.25) is 0 Å². The van der Waals surface area contributed by atoms with Crippen molar-refractivity contribution >= 4 is 17.2 Å². The molecule has 0 aliphatic carbocycles. The summed E-state index contributed by atoms with van der Waals surface area (Å²) in [5.41, 5.74) is 7.28. The molecule has 4 nitrogen and oxygen atoms in total. The molecular formula is C15H22N2O2S. The Labute approximate surface area is 125 Å². The third kappa shape index (κ3) is 3.76. The Morgan fingerprint density at radius 2 is 2.10 bits per heavy atom. The number of aliphatic hydroxyl groups excluding tert-OH is 1. The lowest BCUT2D eigenvalue weighted by atomic mass is 10.1. The number of aliphatic hydroxyl groups is 1. The van der Waals surface area contributed by atoms with Gasteiger partial charge in [0.05, 0.1) is 18.8 Å². The summed E-state index contributed by atoms with van der Waals surface area (Å²) in [6.07, 6.45) is -0.293. The van der Waals surface area contributed by atoms with E-state index < -0.39 is 6.10 Å². The van der Waals surface area contributed by atoms with Gasteiger partial charge in [0.25, 0.3) is 0 Å². The fraction of sp³-hybridized carbons (Fsp3) is 0.533. The standard InChI is InChI=1S/C15H22N2O2S/c1-10-9-19-11(2)7-17(10)8-14(18)12-3-5-13(6-4-12)15(16)20/h3-6,10-11,14,18H,7-9H2,1-2H3,(H2,16,20). The van der Waals surface area contributed by atoms with E-state index in [0.29, 0.717) is 24.2 Å². The van der Waals surface area contributed by atoms with E-state index in [9.17, 15) is 5.11 Å². The Bertz CT molecular complexity index is 463. The average molecular weight is 294 g/mol. The van der Waals surface area contributed by atoms with Crippen LogP contribution in [0.4, 0.5) is 0 Å². The fourth-order valence-corrected chi connectivity index (χ4v) is 2.56. The highest BCUT2D eigenvalue weighted by atomic mass is 32.1. The molecule has 1 heterocycles. The van der Waals surface area contributed by atoms with Gasteiger partial charge in [0.15, 0.2) is 0 Å². The SMILES string of the molecule is CC1CN(CC(O)c2ccc(C(N)=S)cc2)C(C)CO1. The van der Waals surface area contributed by atoms with Crippen LogP contribution in [-0.2, 0) is 4.74 Å². The van der Waals surface area contributed by atoms with E-state index in [-0.39, 0.29) is 6.10 Å². The topological polar surface area (TPSA) is 58.7 Å². The van der Waals surface area contributed by atoms with Crippen LogP contribution in [0, 0.1) is 0 Å². The number of thiocarbonyl (C=S) groups is 1. The van der Waals surface area contributed by atoms with Crippen LogP contribution in [0.5, 0.6) is 0 Å². The second kappa shape index (κ2) is 6.63. The summed E-state index contributed by atoms with van der Waals surface area (Å²) in [5.74, 6) is 0. The summed E-state index contributed by atoms with van der Waals surface area (Å²) in [6.45, 7) is 6.36. The summed E-state index contributed by atoms with van der Waals surface area (Å²) in [4.78, 5) is 2.64. The summed E-state index contributed by atoms with van der Waals surface area (Å²) in [7, 11) is 0. The van der Waals surface area contributed by atoms with Crippen LogP contribution >= 0.6 is 12.2 Å². The molecule has 1 fully saturated rings. The second-order valence-electron chi connectivity index (χ2n) is 5.45. The Hall–Kier alpha value is -1.01. The molecule has 1 saturated heterocycles. The summed E-state index contributed by atoms with van der Waals surface area (Å²) >= 11 is 4.92. The van der Waals surface area contributed by atoms with Gasteiger partial charge >= 0.3 is 0 Å². The molecular weight excluding hydrogens is 272 g/mol. The van der Waals surface area contributed by atoms with Crippen molar-refractivity contribution in [3.63, 3.8) is 0 Å². The molecule has 1 aromatic rings. The summed E-state index contributed by atoms with van der Waals surface area (Å²) < 4.78 is 5.60. The van der Waals surface area contributed by atoms with E-state index >= 15 is 0 Å². The number of nitrogens with zero attached hydrogens (tertiary/aromatic N) is 1. The maximum atomic E-state index is 10.4. The first-order chi connectivity index (χ1) is 9.47. The first-order valence-corrected chi connectivity index (χ1v) is 7.31. The monoisotopic (exact) mass is 294 g/mol. The van der Waals surface area contributed by atoms with Gasteiger partial charge in [-0.25, -0.2) is 0 Å². The molecule has 0 spiro atoms. The van der Waals surface area contributed by atoms with Crippen LogP contribution in [0.1, 0.15) is 31.1 Å². The van der Waals surface area contributed by atoms with Crippen molar-refractivity contribution < 1.29 is 9.84 Å². The lowest BCUT2D eigenvalue weighted by molar-refractivity contribution is -0.0619. The maximum absolute atomic E-state index is 10.4. The predicted molar refractivity (Wildman–Crippen MR) is 83.7 cm³/mol. The highest BCUT2D eigenvalue weighted by Gasteiger charge is 2.25. The van der Waals surface area contributed by atoms with Crippen molar-refractivity contribution in [2.24, 2.45) is 5.73 Å². The van der Waals surface area contributed by atoms with Crippen LogP contribution in [0.15, 0.2) is 24.3 Å². The van der Waals surface area contributed by atoms with Crippen molar-refractivity contribution in [2.75, 3.05) is 19.7 Å². The van der Waals surface area contributed by atoms with E-state index in [4.69, 9.17) is 22.7 Å². The van der Waals surface area contributed by atoms with E-state index in [1.165, 1.54) is 0 Å². The molecule has 0 amide bonds. The van der Waals surface area contributed by atoms with Gasteiger partial charge in [0.2, 0.25) is 0 Å². The number of hydrogen-bond donors (Lipinski definition) is 2. The molecule has 0 radical (unpaired) electrons. The highest BCUT2D eigenvalue weighted by Crippen LogP contribution is 2.19. The van der Waals surface area contributed by atoms with Gasteiger partial charge < -0.3 is 15.6 Å². The normalized spacial score (nSPS) is 25.4. The van der Waals surface area contributed by atoms with Gasteiger partial charge in [-0.05, 0) is 19.4 Å². The van der Waals surface area contributed by atoms with Crippen molar-refractivity contribution in [1.29, 1.82) is 0 Å². The molecule has 2 rings (SSSR count). The lowest BCUT2D eigenvalue weighted by Gasteiger charge is -2.37. The molecule has 0 bridgehead atoms. The number of morpholine rings is 1. The number of β-amino-alcohol motifs (C(OH)–C–C–N with tert-alkyl or cyclic N) is 1. The molecule has 3 atom stereocenters. The predicted octanol–water partition coefficient (Wildman–Crippen LogP) is 1.46. The van der Waals surface area contributed by atoms with Gasteiger partial charge in [-0.2, -0.15) is 0 Å². The zero-order valence-electron chi connectivity index (χ0n) is 12.0. The average Bonchev–Trinajstić information content (AvgIpc) is 2.43. The van der Waals surface area contributed by atoms with Crippen LogP contribution in [-0.4, -0.2) is 46.8 Å². The molecule has 0 aromatic heterocycles. The van der Waals surface area contributed by atoms with Crippen LogP contribution in [0.3, 0.4) is 0 Å². The molecule has 3 N–H and O–H groups in total. The smallest absolute Gasteiger partial charge is 0.103 e. The molecule has 5 heteroatoms. The van der Waals surface area contributed by atoms with E-state index in [0.717, 1.165) is 17.7 Å². The Kier molecular flexibility index (Phi) is 5.10. The van der Waals surface area contributed by atoms with E-state index in [1.807, 2.05) is 24.3 Å². The molecule has 1 aliphatic rings. The minimum Gasteiger partial charge on any atom is -0.389 e. The number of nitrogens with two attached hydrogens (primary N) is 1. The molecule has 110 valence electrons. The van der Waals surface area contributed by atoms with Crippen LogP contribution in [0.25, 0.3) is 0 Å². The minimum atomic E-state index is -0.511. The van der Waals surface area contributed by atoms with Crippen molar-refractivity contribution in [3.05, 3.63) is 35.4 Å². The van der Waals surface area contributed by atoms with E-state index in [2.05, 4.69) is 18.7 Å². The fourth-order valence-electron chi connectivity index (χ4n) is 2.42. The number of rotatable bonds is 4. The van der Waals surface area contributed by atoms with Crippen molar-refractivity contribution in [2.45, 2.75) is 32.1 Å². The number of hydrogen-bond acceptors (Lipinski definition) is 4. The first-order valence-electron chi connectivity index (χ1n) is 6.91. The summed E-state index contributed by atoms with van der Waals surface area (Å²) in [6, 6.07) is 7.80. The van der Waals surface area contributed by atoms with E-state index in [1.54, 1.807) is 0 Å². The number of ether oxygens (including phenoxy) is 1. The Morgan fingerprint density at radius 1 is 1.45 bits per heavy atom. The quantitative estimate of drug-likeness (QED) is 0.824. The van der Waals surface area contributed by atoms with Gasteiger partial charge in [-0.3, -0.25) is 4.90 Å². The van der Waals surface area contributed by atoms with Gasteiger partial charge in [0.1, 0.15) is 4.99 Å². The molecule has 3 unspecified atom stereocenters. The highest BCUT2D eigenvalue weighted by molar-refractivity contribution is 7.80.